The van der Waals surface area contributed by atoms with Gasteiger partial charge in [-0.2, -0.15) is 5.26 Å². The molecule has 0 aliphatic carbocycles. The number of benzene rings is 3. The lowest BCUT2D eigenvalue weighted by molar-refractivity contribution is -0.136. The SMILES string of the molecule is COc1ccccc1/C(C#N)=C\c1ccc(OC(=O)COc2ccccc2)cc1. The monoisotopic (exact) mass is 385 g/mol. The first-order valence-electron chi connectivity index (χ1n) is 8.93. The third-order valence-corrected chi connectivity index (χ3v) is 4.04. The quantitative estimate of drug-likeness (QED) is 0.254. The van der Waals surface area contributed by atoms with E-state index in [1.807, 2.05) is 36.4 Å². The Morgan fingerprint density at radius 1 is 0.931 bits per heavy atom. The van der Waals surface area contributed by atoms with Crippen molar-refractivity contribution in [3.05, 3.63) is 90.0 Å². The van der Waals surface area contributed by atoms with Crippen molar-refractivity contribution in [2.75, 3.05) is 13.7 Å². The number of carbonyl (C=O) groups excluding carboxylic acids is 1. The van der Waals surface area contributed by atoms with Gasteiger partial charge in [-0.15, -0.1) is 0 Å². The maximum atomic E-state index is 11.9. The van der Waals surface area contributed by atoms with Crippen LogP contribution in [0, 0.1) is 11.3 Å². The van der Waals surface area contributed by atoms with Crippen molar-refractivity contribution in [2.24, 2.45) is 0 Å². The molecule has 144 valence electrons. The Morgan fingerprint density at radius 3 is 2.31 bits per heavy atom. The van der Waals surface area contributed by atoms with Gasteiger partial charge < -0.3 is 14.2 Å². The number of hydrogen-bond acceptors (Lipinski definition) is 5. The summed E-state index contributed by atoms with van der Waals surface area (Å²) in [6.07, 6.45) is 1.75. The number of esters is 1. The average molecular weight is 385 g/mol. The lowest BCUT2D eigenvalue weighted by Gasteiger charge is -2.08. The molecule has 0 saturated heterocycles. The maximum absolute atomic E-state index is 11.9. The molecule has 0 radical (unpaired) electrons. The fourth-order valence-electron chi connectivity index (χ4n) is 2.66. The van der Waals surface area contributed by atoms with Crippen LogP contribution in [0.2, 0.25) is 0 Å². The van der Waals surface area contributed by atoms with Crippen molar-refractivity contribution in [1.29, 1.82) is 5.26 Å². The molecule has 0 aliphatic rings. The van der Waals surface area contributed by atoms with E-state index < -0.39 is 5.97 Å². The highest BCUT2D eigenvalue weighted by Gasteiger charge is 2.09. The van der Waals surface area contributed by atoms with E-state index in [1.54, 1.807) is 55.7 Å². The Bertz CT molecular complexity index is 1030. The fraction of sp³-hybridized carbons (Fsp3) is 0.0833. The first kappa shape index (κ1) is 19.7. The van der Waals surface area contributed by atoms with E-state index in [0.717, 1.165) is 5.56 Å². The van der Waals surface area contributed by atoms with Crippen LogP contribution in [0.25, 0.3) is 11.6 Å². The minimum atomic E-state index is -0.496. The molecule has 3 aromatic carbocycles. The molecule has 0 amide bonds. The summed E-state index contributed by atoms with van der Waals surface area (Å²) in [6.45, 7) is -0.182. The van der Waals surface area contributed by atoms with Gasteiger partial charge in [-0.1, -0.05) is 42.5 Å². The zero-order chi connectivity index (χ0) is 20.5. The zero-order valence-corrected chi connectivity index (χ0v) is 15.9. The summed E-state index contributed by atoms with van der Waals surface area (Å²) < 4.78 is 16.0. The summed E-state index contributed by atoms with van der Waals surface area (Å²) in [5, 5.41) is 9.53. The molecular formula is C24H19NO4. The summed E-state index contributed by atoms with van der Waals surface area (Å²) in [7, 11) is 1.57. The van der Waals surface area contributed by atoms with Gasteiger partial charge in [0.15, 0.2) is 6.61 Å². The number of nitriles is 1. The van der Waals surface area contributed by atoms with Gasteiger partial charge in [0, 0.05) is 5.56 Å². The van der Waals surface area contributed by atoms with E-state index >= 15 is 0 Å². The summed E-state index contributed by atoms with van der Waals surface area (Å²) >= 11 is 0. The number of methoxy groups -OCH3 is 1. The van der Waals surface area contributed by atoms with Gasteiger partial charge in [0.1, 0.15) is 17.2 Å². The molecule has 3 aromatic rings. The maximum Gasteiger partial charge on any atom is 0.349 e. The Balaban J connectivity index is 1.65. The number of hydrogen-bond donors (Lipinski definition) is 0. The van der Waals surface area contributed by atoms with Crippen molar-refractivity contribution in [3.63, 3.8) is 0 Å². The minimum absolute atomic E-state index is 0.182. The smallest absolute Gasteiger partial charge is 0.349 e. The van der Waals surface area contributed by atoms with Gasteiger partial charge in [-0.3, -0.25) is 0 Å². The molecule has 0 heterocycles. The molecule has 0 spiro atoms. The molecule has 3 rings (SSSR count). The second-order valence-corrected chi connectivity index (χ2v) is 6.01. The largest absolute Gasteiger partial charge is 0.496 e. The molecule has 0 atom stereocenters. The highest BCUT2D eigenvalue weighted by atomic mass is 16.6. The predicted molar refractivity (Wildman–Crippen MR) is 110 cm³/mol. The van der Waals surface area contributed by atoms with Crippen molar-refractivity contribution in [1.82, 2.24) is 0 Å². The number of allylic oxidation sites excluding steroid dienone is 1. The Hall–Kier alpha value is -4.04. The molecule has 5 nitrogen and oxygen atoms in total. The zero-order valence-electron chi connectivity index (χ0n) is 15.9. The summed E-state index contributed by atoms with van der Waals surface area (Å²) in [5.41, 5.74) is 1.99. The molecule has 0 aromatic heterocycles. The Labute approximate surface area is 169 Å². The first-order chi connectivity index (χ1) is 14.2. The van der Waals surface area contributed by atoms with Crippen LogP contribution in [-0.4, -0.2) is 19.7 Å². The van der Waals surface area contributed by atoms with Crippen LogP contribution >= 0.6 is 0 Å². The van der Waals surface area contributed by atoms with Gasteiger partial charge in [0.2, 0.25) is 0 Å². The summed E-state index contributed by atoms with van der Waals surface area (Å²) in [4.78, 5) is 11.9. The van der Waals surface area contributed by atoms with Crippen LogP contribution in [0.5, 0.6) is 17.2 Å². The third-order valence-electron chi connectivity index (χ3n) is 4.04. The second-order valence-electron chi connectivity index (χ2n) is 6.01. The minimum Gasteiger partial charge on any atom is -0.496 e. The standard InChI is InChI=1S/C24H19NO4/c1-27-23-10-6-5-9-22(23)19(16-25)15-18-11-13-21(14-12-18)29-24(26)17-28-20-7-3-2-4-8-20/h2-15H,17H2,1H3/b19-15-. The lowest BCUT2D eigenvalue weighted by atomic mass is 10.0. The van der Waals surface area contributed by atoms with Crippen LogP contribution < -0.4 is 14.2 Å². The Morgan fingerprint density at radius 2 is 1.62 bits per heavy atom. The van der Waals surface area contributed by atoms with Crippen molar-refractivity contribution < 1.29 is 19.0 Å². The van der Waals surface area contributed by atoms with E-state index in [9.17, 15) is 10.1 Å². The summed E-state index contributed by atoms with van der Waals surface area (Å²) in [6, 6.07) is 25.5. The van der Waals surface area contributed by atoms with Crippen LogP contribution in [0.15, 0.2) is 78.9 Å². The van der Waals surface area contributed by atoms with Crippen molar-refractivity contribution in [2.45, 2.75) is 0 Å². The normalized spacial score (nSPS) is 10.7. The molecule has 0 saturated carbocycles. The van der Waals surface area contributed by atoms with Crippen LogP contribution in [0.1, 0.15) is 11.1 Å². The van der Waals surface area contributed by atoms with Crippen LogP contribution in [0.4, 0.5) is 0 Å². The molecule has 0 N–H and O–H groups in total. The number of ether oxygens (including phenoxy) is 3. The fourth-order valence-corrected chi connectivity index (χ4v) is 2.66. The van der Waals surface area contributed by atoms with Gasteiger partial charge in [-0.25, -0.2) is 4.79 Å². The molecule has 5 heteroatoms. The number of carbonyl (C=O) groups is 1. The molecule has 0 fully saturated rings. The second kappa shape index (κ2) is 9.77. The van der Waals surface area contributed by atoms with Gasteiger partial charge in [0.05, 0.1) is 18.8 Å². The van der Waals surface area contributed by atoms with E-state index in [-0.39, 0.29) is 6.61 Å². The van der Waals surface area contributed by atoms with Crippen LogP contribution in [0.3, 0.4) is 0 Å². The van der Waals surface area contributed by atoms with Gasteiger partial charge >= 0.3 is 5.97 Å². The lowest BCUT2D eigenvalue weighted by Crippen LogP contribution is -2.17. The van der Waals surface area contributed by atoms with E-state index in [4.69, 9.17) is 14.2 Å². The third kappa shape index (κ3) is 5.47. The molecular weight excluding hydrogens is 366 g/mol. The van der Waals surface area contributed by atoms with Crippen LogP contribution in [-0.2, 0) is 4.79 Å². The van der Waals surface area contributed by atoms with Gasteiger partial charge in [0.25, 0.3) is 0 Å². The van der Waals surface area contributed by atoms with E-state index in [1.165, 1.54) is 0 Å². The van der Waals surface area contributed by atoms with Crippen molar-refractivity contribution >= 4 is 17.6 Å². The highest BCUT2D eigenvalue weighted by molar-refractivity contribution is 5.91. The summed E-state index contributed by atoms with van der Waals surface area (Å²) in [5.74, 6) is 1.14. The Kier molecular flexibility index (Phi) is 6.64. The highest BCUT2D eigenvalue weighted by Crippen LogP contribution is 2.27. The average Bonchev–Trinajstić information content (AvgIpc) is 2.78. The number of para-hydroxylation sites is 2. The molecule has 0 bridgehead atoms. The van der Waals surface area contributed by atoms with Gasteiger partial charge in [-0.05, 0) is 48.0 Å². The molecule has 29 heavy (non-hydrogen) atoms. The topological polar surface area (TPSA) is 68.5 Å². The molecule has 0 aliphatic heterocycles. The van der Waals surface area contributed by atoms with E-state index in [0.29, 0.717) is 28.4 Å². The van der Waals surface area contributed by atoms with E-state index in [2.05, 4.69) is 6.07 Å². The number of rotatable bonds is 7. The number of nitrogens with zero attached hydrogens (tertiary/aromatic N) is 1. The first-order valence-corrected chi connectivity index (χ1v) is 8.93. The van der Waals surface area contributed by atoms with Crippen molar-refractivity contribution in [3.8, 4) is 23.3 Å². The molecule has 0 unspecified atom stereocenters. The predicted octanol–water partition coefficient (Wildman–Crippen LogP) is 4.74.